The van der Waals surface area contributed by atoms with Gasteiger partial charge in [0.05, 0.1) is 12.0 Å². The van der Waals surface area contributed by atoms with E-state index in [1.165, 1.54) is 5.56 Å². The zero-order valence-electron chi connectivity index (χ0n) is 27.2. The summed E-state index contributed by atoms with van der Waals surface area (Å²) in [4.78, 5) is 3.61. The van der Waals surface area contributed by atoms with E-state index in [2.05, 4.69) is 99.3 Å². The molecule has 0 heterocycles. The first-order valence-electron chi connectivity index (χ1n) is 14.3. The van der Waals surface area contributed by atoms with E-state index in [1.54, 1.807) is 12.1 Å². The molecule has 2 aromatic carbocycles. The summed E-state index contributed by atoms with van der Waals surface area (Å²) in [5.41, 5.74) is -4.27. The van der Waals surface area contributed by atoms with Gasteiger partial charge in [-0.15, -0.1) is 0 Å². The third kappa shape index (κ3) is 8.24. The van der Waals surface area contributed by atoms with Crippen LogP contribution in [0.3, 0.4) is 0 Å². The molecule has 0 aliphatic rings. The van der Waals surface area contributed by atoms with Crippen LogP contribution in [0.4, 0.5) is 13.2 Å². The van der Waals surface area contributed by atoms with Crippen LogP contribution in [-0.2, 0) is 24.9 Å². The Labute approximate surface area is 257 Å². The summed E-state index contributed by atoms with van der Waals surface area (Å²) in [5, 5.41) is -0.227. The van der Waals surface area contributed by atoms with Crippen LogP contribution in [0.2, 0.25) is 5.31 Å². The first-order valence-corrected chi connectivity index (χ1v) is 17.1. The third-order valence-corrected chi connectivity index (χ3v) is 12.5. The van der Waals surface area contributed by atoms with E-state index in [-0.39, 0.29) is 33.4 Å². The molecule has 0 saturated carbocycles. The molecule has 0 bridgehead atoms. The van der Waals surface area contributed by atoms with E-state index in [0.717, 1.165) is 30.5 Å². The van der Waals surface area contributed by atoms with E-state index in [1.807, 2.05) is 6.07 Å². The molecule has 0 fully saturated rings. The van der Waals surface area contributed by atoms with Crippen molar-refractivity contribution in [2.45, 2.75) is 103 Å². The Kier molecular flexibility index (Phi) is 10.8. The van der Waals surface area contributed by atoms with Gasteiger partial charge in [0, 0.05) is 3.87 Å². The van der Waals surface area contributed by atoms with E-state index in [9.17, 15) is 30.0 Å². The van der Waals surface area contributed by atoms with Crippen LogP contribution in [0.15, 0.2) is 59.5 Å². The monoisotopic (exact) mass is 645 g/mol. The summed E-state index contributed by atoms with van der Waals surface area (Å²) in [5.74, 6) is 0.175. The fourth-order valence-electron chi connectivity index (χ4n) is 5.62. The highest BCUT2D eigenvalue weighted by Gasteiger charge is 2.55. The smallest absolute Gasteiger partial charge is 0.273 e. The molecule has 0 N–H and O–H groups in total. The zero-order chi connectivity index (χ0) is 33.4. The normalized spacial score (nSPS) is 17.0. The van der Waals surface area contributed by atoms with Gasteiger partial charge in [0.1, 0.15) is 7.85 Å². The van der Waals surface area contributed by atoms with E-state index >= 15 is 0 Å². The van der Waals surface area contributed by atoms with Crippen molar-refractivity contribution in [3.8, 4) is 0 Å². The summed E-state index contributed by atoms with van der Waals surface area (Å²) in [6, 6.07) is 15.8. The summed E-state index contributed by atoms with van der Waals surface area (Å²) in [6.45, 7) is 19.8. The molecule has 43 heavy (non-hydrogen) atoms. The molecule has 6 nitrogen and oxygen atoms in total. The minimum absolute atomic E-state index is 0.0196. The van der Waals surface area contributed by atoms with Crippen molar-refractivity contribution >= 4 is 27.9 Å². The summed E-state index contributed by atoms with van der Waals surface area (Å²) >= 11 is 0. The zero-order valence-corrected chi connectivity index (χ0v) is 28.8. The first-order chi connectivity index (χ1) is 19.2. The fraction of sp³-hybridized carbons (Fsp3) is 0.613. The number of sulfonamides is 2. The topological polar surface area (TPSA) is 80.8 Å². The Morgan fingerprint density at radius 2 is 1.21 bits per heavy atom. The van der Waals surface area contributed by atoms with Gasteiger partial charge in [0.15, 0.2) is 0 Å². The third-order valence-electron chi connectivity index (χ3n) is 8.81. The number of nitrogens with zero attached hydrogens (tertiary/aromatic N) is 1. The SMILES string of the molecule is BC(C)(CC(c1ccccc1)C(C)(C)C)C(C)(C)C(CC(C)(C)C)c1ccc(S(=O)(=O)N(OC)S(=O)(=O)C(F)(F)F)cc1. The fourth-order valence-corrected chi connectivity index (χ4v) is 8.38. The van der Waals surface area contributed by atoms with Crippen LogP contribution < -0.4 is 0 Å². The van der Waals surface area contributed by atoms with Gasteiger partial charge in [-0.2, -0.15) is 21.6 Å². The maximum absolute atomic E-state index is 13.2. The number of rotatable bonds is 11. The van der Waals surface area contributed by atoms with Crippen LogP contribution >= 0.6 is 0 Å². The lowest BCUT2D eigenvalue weighted by atomic mass is 9.45. The molecule has 0 radical (unpaired) electrons. The molecule has 0 aromatic heterocycles. The maximum Gasteiger partial charge on any atom is 0.514 e. The van der Waals surface area contributed by atoms with Crippen molar-refractivity contribution in [1.29, 1.82) is 0 Å². The molecule has 0 aliphatic carbocycles. The van der Waals surface area contributed by atoms with Crippen molar-refractivity contribution < 1.29 is 34.8 Å². The van der Waals surface area contributed by atoms with E-state index < -0.39 is 34.3 Å². The van der Waals surface area contributed by atoms with Gasteiger partial charge >= 0.3 is 15.5 Å². The molecule has 0 spiro atoms. The quantitative estimate of drug-likeness (QED) is 0.185. The van der Waals surface area contributed by atoms with E-state index in [4.69, 9.17) is 0 Å². The second kappa shape index (κ2) is 12.5. The summed E-state index contributed by atoms with van der Waals surface area (Å²) < 4.78 is 88.4. The van der Waals surface area contributed by atoms with Gasteiger partial charge in [-0.1, -0.05) is 110 Å². The van der Waals surface area contributed by atoms with Crippen LogP contribution in [-0.4, -0.2) is 41.2 Å². The number of benzene rings is 2. The molecule has 0 saturated heterocycles. The molecule has 0 aliphatic heterocycles. The predicted molar refractivity (Wildman–Crippen MR) is 168 cm³/mol. The molecule has 2 aromatic rings. The van der Waals surface area contributed by atoms with Gasteiger partial charge in [0.2, 0.25) is 0 Å². The van der Waals surface area contributed by atoms with Gasteiger partial charge < -0.3 is 0 Å². The molecule has 0 amide bonds. The van der Waals surface area contributed by atoms with Crippen LogP contribution in [0.25, 0.3) is 0 Å². The van der Waals surface area contributed by atoms with Crippen molar-refractivity contribution in [3.05, 3.63) is 65.7 Å². The number of alkyl halides is 3. The number of halogens is 3. The molecule has 3 unspecified atom stereocenters. The Hall–Kier alpha value is -1.89. The minimum atomic E-state index is -6.31. The highest BCUT2D eigenvalue weighted by atomic mass is 32.3. The van der Waals surface area contributed by atoms with E-state index in [0.29, 0.717) is 7.11 Å². The lowest BCUT2D eigenvalue weighted by Gasteiger charge is -2.52. The second-order valence-corrected chi connectivity index (χ2v) is 18.6. The minimum Gasteiger partial charge on any atom is -0.273 e. The second-order valence-electron chi connectivity index (χ2n) is 14.8. The Balaban J connectivity index is 2.61. The lowest BCUT2D eigenvalue weighted by molar-refractivity contribution is -0.0647. The van der Waals surface area contributed by atoms with Crippen molar-refractivity contribution in [2.75, 3.05) is 7.11 Å². The van der Waals surface area contributed by atoms with Crippen molar-refractivity contribution in [1.82, 2.24) is 3.87 Å². The van der Waals surface area contributed by atoms with Crippen LogP contribution in [0.1, 0.15) is 98.1 Å². The van der Waals surface area contributed by atoms with Gasteiger partial charge in [0.25, 0.3) is 10.0 Å². The molecule has 2 rings (SSSR count). The lowest BCUT2D eigenvalue weighted by Crippen LogP contribution is -2.43. The Bertz CT molecular complexity index is 1440. The molecular formula is C31H47BF3NO5S2. The predicted octanol–water partition coefficient (Wildman–Crippen LogP) is 7.67. The van der Waals surface area contributed by atoms with Crippen LogP contribution in [0.5, 0.6) is 0 Å². The number of hydrogen-bond donors (Lipinski definition) is 0. The standard InChI is InChI=1S/C31H47BF3NO5S2/c1-27(2,3)20-26(29(7,8)30(9,32)21-25(28(4,5)6)22-14-12-11-13-15-22)23-16-18-24(19-17-23)42(37,38)36(41-10)43(39,40)31(33,34)35/h11-19,25-26H,20-21,32H2,1-10H3. The van der Waals surface area contributed by atoms with Crippen LogP contribution in [0, 0.1) is 16.2 Å². The van der Waals surface area contributed by atoms with Gasteiger partial charge in [-0.3, -0.25) is 4.84 Å². The average Bonchev–Trinajstić information content (AvgIpc) is 2.84. The molecular weight excluding hydrogens is 598 g/mol. The Morgan fingerprint density at radius 1 is 0.744 bits per heavy atom. The largest absolute Gasteiger partial charge is 0.514 e. The summed E-state index contributed by atoms with van der Waals surface area (Å²) in [7, 11) is -8.70. The average molecular weight is 646 g/mol. The van der Waals surface area contributed by atoms with Gasteiger partial charge in [-0.05, 0) is 64.2 Å². The maximum atomic E-state index is 13.2. The van der Waals surface area contributed by atoms with Crippen molar-refractivity contribution in [3.63, 3.8) is 0 Å². The Morgan fingerprint density at radius 3 is 1.60 bits per heavy atom. The highest BCUT2D eigenvalue weighted by molar-refractivity contribution is 8.04. The number of hydrogen-bond acceptors (Lipinski definition) is 5. The first kappa shape index (κ1) is 37.3. The summed E-state index contributed by atoms with van der Waals surface area (Å²) in [6.07, 6.45) is 1.62. The molecule has 242 valence electrons. The molecule has 3 atom stereocenters. The van der Waals surface area contributed by atoms with Gasteiger partial charge in [-0.25, -0.2) is 8.42 Å². The van der Waals surface area contributed by atoms with Crippen molar-refractivity contribution in [2.24, 2.45) is 16.2 Å². The highest BCUT2D eigenvalue weighted by Crippen LogP contribution is 2.60. The molecule has 12 heteroatoms.